The summed E-state index contributed by atoms with van der Waals surface area (Å²) in [6.45, 7) is 0. The van der Waals surface area contributed by atoms with Crippen molar-refractivity contribution in [3.63, 3.8) is 0 Å². The lowest BCUT2D eigenvalue weighted by atomic mass is 9.59. The first-order valence-electron chi connectivity index (χ1n) is 6.06. The summed E-state index contributed by atoms with van der Waals surface area (Å²) in [5, 5.41) is 0. The van der Waals surface area contributed by atoms with Gasteiger partial charge in [0.1, 0.15) is 0 Å². The summed E-state index contributed by atoms with van der Waals surface area (Å²) in [5.74, 6) is 5.90. The number of ether oxygens (including phenoxy) is 1. The van der Waals surface area contributed by atoms with Crippen LogP contribution in [0.15, 0.2) is 0 Å². The maximum Gasteiger partial charge on any atom is 0.317 e. The smallest absolute Gasteiger partial charge is 0.317 e. The second-order valence-corrected chi connectivity index (χ2v) is 6.41. The van der Waals surface area contributed by atoms with Crippen molar-refractivity contribution >= 4 is 11.9 Å². The molecule has 6 saturated carbocycles. The zero-order chi connectivity index (χ0) is 9.64. The van der Waals surface area contributed by atoms with Crippen molar-refractivity contribution in [1.82, 2.24) is 0 Å². The summed E-state index contributed by atoms with van der Waals surface area (Å²) in [6.07, 6.45) is 0. The summed E-state index contributed by atoms with van der Waals surface area (Å²) in [6, 6.07) is 0. The highest BCUT2D eigenvalue weighted by molar-refractivity contribution is 5.98. The van der Waals surface area contributed by atoms with Gasteiger partial charge in [-0.05, 0) is 47.3 Å². The van der Waals surface area contributed by atoms with Crippen LogP contribution in [0.4, 0.5) is 0 Å². The molecule has 1 heterocycles. The predicted octanol–water partition coefficient (Wildman–Crippen LogP) is 0.300. The van der Waals surface area contributed by atoms with E-state index in [0.717, 1.165) is 35.5 Å². The molecule has 3 nitrogen and oxygen atoms in total. The van der Waals surface area contributed by atoms with E-state index in [2.05, 4.69) is 0 Å². The fourth-order valence-corrected chi connectivity index (χ4v) is 6.64. The molecule has 10 atom stereocenters. The molecule has 0 radical (unpaired) electrons. The Morgan fingerprint density at radius 3 is 1.33 bits per heavy atom. The highest BCUT2D eigenvalue weighted by Crippen LogP contribution is 2.93. The van der Waals surface area contributed by atoms with Crippen molar-refractivity contribution in [2.45, 2.75) is 0 Å². The van der Waals surface area contributed by atoms with Gasteiger partial charge < -0.3 is 4.74 Å². The monoisotopic (exact) mass is 202 g/mol. The van der Waals surface area contributed by atoms with Gasteiger partial charge in [0.2, 0.25) is 0 Å². The van der Waals surface area contributed by atoms with E-state index in [0.29, 0.717) is 11.8 Å². The summed E-state index contributed by atoms with van der Waals surface area (Å²) < 4.78 is 4.86. The molecule has 2 bridgehead atoms. The van der Waals surface area contributed by atoms with E-state index in [1.54, 1.807) is 0 Å². The van der Waals surface area contributed by atoms with Gasteiger partial charge in [0.05, 0.1) is 11.8 Å². The Labute approximate surface area is 86.2 Å². The average molecular weight is 202 g/mol. The Morgan fingerprint density at radius 2 is 0.933 bits per heavy atom. The highest BCUT2D eigenvalue weighted by atomic mass is 16.6. The number of carbonyl (C=O) groups is 2. The molecule has 0 aromatic rings. The van der Waals surface area contributed by atoms with Crippen LogP contribution in [0.5, 0.6) is 0 Å². The maximum absolute atomic E-state index is 11.7. The van der Waals surface area contributed by atoms with E-state index in [4.69, 9.17) is 4.74 Å². The standard InChI is InChI=1S/C12H10O3/c13-11-9-7-3-1-2-5(7)6(2)8(4(1)3)10(9)12(14)15-11/h1-10H/t1?,2?,3-,4+,5+,6-,7?,8?,9-,10-/m0/s1. The second kappa shape index (κ2) is 1.48. The predicted molar refractivity (Wildman–Crippen MR) is 46.0 cm³/mol. The van der Waals surface area contributed by atoms with E-state index in [-0.39, 0.29) is 23.8 Å². The maximum atomic E-state index is 11.7. The molecule has 0 aromatic heterocycles. The van der Waals surface area contributed by atoms with E-state index in [1.165, 1.54) is 0 Å². The molecule has 0 aromatic carbocycles. The van der Waals surface area contributed by atoms with E-state index >= 15 is 0 Å². The third-order valence-electron chi connectivity index (χ3n) is 6.57. The third kappa shape index (κ3) is 0.409. The van der Waals surface area contributed by atoms with Crippen molar-refractivity contribution in [3.05, 3.63) is 0 Å². The number of hydrogen-bond acceptors (Lipinski definition) is 3. The molecule has 0 N–H and O–H groups in total. The SMILES string of the molecule is O=C1OC(=O)[C@H]2C3[C@H]4C5C6[C@H](C([C@H]54)[C@H]12)[C@@H]63. The first kappa shape index (κ1) is 6.66. The van der Waals surface area contributed by atoms with E-state index in [1.807, 2.05) is 0 Å². The summed E-state index contributed by atoms with van der Waals surface area (Å²) in [5.41, 5.74) is 0. The van der Waals surface area contributed by atoms with Crippen LogP contribution < -0.4 is 0 Å². The molecule has 3 heteroatoms. The number of esters is 2. The van der Waals surface area contributed by atoms with Crippen LogP contribution in [-0.4, -0.2) is 11.9 Å². The molecule has 1 saturated heterocycles. The zero-order valence-corrected chi connectivity index (χ0v) is 8.00. The minimum atomic E-state index is -0.185. The third-order valence-corrected chi connectivity index (χ3v) is 6.57. The number of rotatable bonds is 0. The van der Waals surface area contributed by atoms with Gasteiger partial charge in [-0.2, -0.15) is 0 Å². The fourth-order valence-electron chi connectivity index (χ4n) is 6.64. The fraction of sp³-hybridized carbons (Fsp3) is 0.833. The molecule has 6 aliphatic carbocycles. The number of hydrogen-bond donors (Lipinski definition) is 0. The second-order valence-electron chi connectivity index (χ2n) is 6.41. The molecule has 76 valence electrons. The van der Waals surface area contributed by atoms with Crippen LogP contribution in [0.25, 0.3) is 0 Å². The Bertz CT molecular complexity index is 407. The lowest BCUT2D eigenvalue weighted by Crippen LogP contribution is -2.45. The van der Waals surface area contributed by atoms with Crippen molar-refractivity contribution in [3.8, 4) is 0 Å². The molecule has 15 heavy (non-hydrogen) atoms. The van der Waals surface area contributed by atoms with Gasteiger partial charge in [0.25, 0.3) is 0 Å². The first-order chi connectivity index (χ1) is 7.30. The topological polar surface area (TPSA) is 43.4 Å². The quantitative estimate of drug-likeness (QED) is 0.419. The molecule has 1 aliphatic heterocycles. The molecule has 7 rings (SSSR count). The summed E-state index contributed by atoms with van der Waals surface area (Å²) >= 11 is 0. The van der Waals surface area contributed by atoms with Crippen molar-refractivity contribution in [2.75, 3.05) is 0 Å². The van der Waals surface area contributed by atoms with E-state index < -0.39 is 0 Å². The van der Waals surface area contributed by atoms with Crippen LogP contribution in [0.2, 0.25) is 0 Å². The van der Waals surface area contributed by atoms with Crippen molar-refractivity contribution < 1.29 is 14.3 Å². The molecule has 0 spiro atoms. The van der Waals surface area contributed by atoms with Crippen LogP contribution in [0, 0.1) is 59.2 Å². The van der Waals surface area contributed by atoms with Gasteiger partial charge in [0.15, 0.2) is 0 Å². The Kier molecular flexibility index (Phi) is 0.659. The zero-order valence-electron chi connectivity index (χ0n) is 8.00. The van der Waals surface area contributed by atoms with Crippen molar-refractivity contribution in [2.24, 2.45) is 59.2 Å². The summed E-state index contributed by atoms with van der Waals surface area (Å²) in [7, 11) is 0. The molecule has 4 unspecified atom stereocenters. The largest absolute Gasteiger partial charge is 0.393 e. The van der Waals surface area contributed by atoms with E-state index in [9.17, 15) is 9.59 Å². The lowest BCUT2D eigenvalue weighted by molar-refractivity contribution is -0.154. The summed E-state index contributed by atoms with van der Waals surface area (Å²) in [4.78, 5) is 23.4. The van der Waals surface area contributed by atoms with Gasteiger partial charge in [0, 0.05) is 0 Å². The van der Waals surface area contributed by atoms with Gasteiger partial charge in [-0.15, -0.1) is 0 Å². The van der Waals surface area contributed by atoms with Gasteiger partial charge >= 0.3 is 11.9 Å². The lowest BCUT2D eigenvalue weighted by Gasteiger charge is -2.40. The van der Waals surface area contributed by atoms with Gasteiger partial charge in [-0.3, -0.25) is 9.59 Å². The minimum Gasteiger partial charge on any atom is -0.393 e. The molecular formula is C12H10O3. The Balaban J connectivity index is 1.65. The number of cyclic esters (lactones) is 2. The Hall–Kier alpha value is -0.860. The highest BCUT2D eigenvalue weighted by Gasteiger charge is 2.93. The van der Waals surface area contributed by atoms with Crippen molar-refractivity contribution in [1.29, 1.82) is 0 Å². The normalized spacial score (nSPS) is 78.1. The number of carbonyl (C=O) groups excluding carboxylic acids is 2. The molecule has 0 amide bonds. The average Bonchev–Trinajstić information content (AvgIpc) is 2.99. The van der Waals surface area contributed by atoms with Crippen LogP contribution in [0.3, 0.4) is 0 Å². The molecule has 7 aliphatic rings. The minimum absolute atomic E-state index is 0.0116. The molecular weight excluding hydrogens is 192 g/mol. The molecule has 7 fully saturated rings. The van der Waals surface area contributed by atoms with Crippen LogP contribution in [0.1, 0.15) is 0 Å². The van der Waals surface area contributed by atoms with Gasteiger partial charge in [-0.25, -0.2) is 0 Å². The van der Waals surface area contributed by atoms with Crippen LogP contribution in [-0.2, 0) is 14.3 Å². The van der Waals surface area contributed by atoms with Gasteiger partial charge in [-0.1, -0.05) is 0 Å². The first-order valence-corrected chi connectivity index (χ1v) is 6.06. The van der Waals surface area contributed by atoms with Crippen LogP contribution >= 0.6 is 0 Å². The Morgan fingerprint density at radius 1 is 0.600 bits per heavy atom.